The third-order valence-corrected chi connectivity index (χ3v) is 2.76. The SMILES string of the molecule is CC(C)C(CO)NC(=O)c1cc(Cl)ccc1O. The van der Waals surface area contributed by atoms with Crippen molar-refractivity contribution in [2.24, 2.45) is 5.92 Å². The molecule has 0 bridgehead atoms. The average Bonchev–Trinajstić information content (AvgIpc) is 2.28. The Morgan fingerprint density at radius 2 is 2.12 bits per heavy atom. The minimum absolute atomic E-state index is 0.102. The van der Waals surface area contributed by atoms with Gasteiger partial charge in [-0.25, -0.2) is 0 Å². The molecule has 1 unspecified atom stereocenters. The van der Waals surface area contributed by atoms with Gasteiger partial charge in [-0.2, -0.15) is 0 Å². The largest absolute Gasteiger partial charge is 0.507 e. The van der Waals surface area contributed by atoms with Gasteiger partial charge in [-0.1, -0.05) is 25.4 Å². The van der Waals surface area contributed by atoms with Crippen molar-refractivity contribution in [1.82, 2.24) is 5.32 Å². The lowest BCUT2D eigenvalue weighted by Crippen LogP contribution is -2.41. The molecule has 3 N–H and O–H groups in total. The van der Waals surface area contributed by atoms with Crippen LogP contribution in [0.25, 0.3) is 0 Å². The molecule has 0 radical (unpaired) electrons. The van der Waals surface area contributed by atoms with Gasteiger partial charge >= 0.3 is 0 Å². The van der Waals surface area contributed by atoms with Gasteiger partial charge in [0.1, 0.15) is 5.75 Å². The van der Waals surface area contributed by atoms with Gasteiger partial charge in [0, 0.05) is 5.02 Å². The van der Waals surface area contributed by atoms with Crippen LogP contribution in [-0.4, -0.2) is 28.8 Å². The van der Waals surface area contributed by atoms with E-state index in [-0.39, 0.29) is 29.9 Å². The number of phenolic OH excluding ortho intramolecular Hbond substituents is 1. The molecule has 1 rings (SSSR count). The molecule has 1 aromatic rings. The molecule has 1 atom stereocenters. The second kappa shape index (κ2) is 5.89. The van der Waals surface area contributed by atoms with Crippen LogP contribution in [0.4, 0.5) is 0 Å². The normalized spacial score (nSPS) is 12.5. The zero-order valence-corrected chi connectivity index (χ0v) is 10.5. The quantitative estimate of drug-likeness (QED) is 0.770. The molecule has 1 amide bonds. The van der Waals surface area contributed by atoms with Crippen molar-refractivity contribution in [2.45, 2.75) is 19.9 Å². The summed E-state index contributed by atoms with van der Waals surface area (Å²) in [4.78, 5) is 11.9. The van der Waals surface area contributed by atoms with Crippen LogP contribution in [0.1, 0.15) is 24.2 Å². The molecular weight excluding hydrogens is 242 g/mol. The number of carbonyl (C=O) groups is 1. The summed E-state index contributed by atoms with van der Waals surface area (Å²) in [5.41, 5.74) is 0.108. The van der Waals surface area contributed by atoms with E-state index in [9.17, 15) is 9.90 Å². The maximum absolute atomic E-state index is 11.9. The topological polar surface area (TPSA) is 69.6 Å². The molecule has 0 spiro atoms. The number of aliphatic hydroxyl groups excluding tert-OH is 1. The second-order valence-electron chi connectivity index (χ2n) is 4.17. The van der Waals surface area contributed by atoms with Crippen molar-refractivity contribution in [3.8, 4) is 5.75 Å². The number of hydrogen-bond acceptors (Lipinski definition) is 3. The number of nitrogens with one attached hydrogen (secondary N) is 1. The monoisotopic (exact) mass is 257 g/mol. The standard InChI is InChI=1S/C12H16ClNO3/c1-7(2)10(6-15)14-12(17)9-5-8(13)3-4-11(9)16/h3-5,7,10,15-16H,6H2,1-2H3,(H,14,17). The van der Waals surface area contributed by atoms with E-state index in [1.54, 1.807) is 0 Å². The number of rotatable bonds is 4. The number of aromatic hydroxyl groups is 1. The smallest absolute Gasteiger partial charge is 0.255 e. The van der Waals surface area contributed by atoms with Gasteiger partial charge in [-0.3, -0.25) is 4.79 Å². The Hall–Kier alpha value is -1.26. The molecule has 1 aromatic carbocycles. The first-order valence-corrected chi connectivity index (χ1v) is 5.73. The number of carbonyl (C=O) groups excluding carboxylic acids is 1. The number of hydrogen-bond donors (Lipinski definition) is 3. The molecule has 94 valence electrons. The number of phenols is 1. The summed E-state index contributed by atoms with van der Waals surface area (Å²) >= 11 is 5.75. The lowest BCUT2D eigenvalue weighted by atomic mass is 10.0. The Morgan fingerprint density at radius 1 is 1.47 bits per heavy atom. The molecule has 0 saturated heterocycles. The van der Waals surface area contributed by atoms with E-state index in [0.29, 0.717) is 5.02 Å². The number of aliphatic hydroxyl groups is 1. The number of amides is 1. The van der Waals surface area contributed by atoms with E-state index in [2.05, 4.69) is 5.32 Å². The van der Waals surface area contributed by atoms with Gasteiger partial charge in [-0.05, 0) is 24.1 Å². The summed E-state index contributed by atoms with van der Waals surface area (Å²) in [7, 11) is 0. The third-order valence-electron chi connectivity index (χ3n) is 2.52. The summed E-state index contributed by atoms with van der Waals surface area (Å²) in [6.45, 7) is 3.63. The van der Waals surface area contributed by atoms with Crippen LogP contribution in [-0.2, 0) is 0 Å². The van der Waals surface area contributed by atoms with Gasteiger partial charge in [0.15, 0.2) is 0 Å². The fraction of sp³-hybridized carbons (Fsp3) is 0.417. The van der Waals surface area contributed by atoms with Gasteiger partial charge in [0.25, 0.3) is 5.91 Å². The third kappa shape index (κ3) is 3.61. The van der Waals surface area contributed by atoms with E-state index < -0.39 is 5.91 Å². The van der Waals surface area contributed by atoms with Crippen molar-refractivity contribution >= 4 is 17.5 Å². The second-order valence-corrected chi connectivity index (χ2v) is 4.60. The maximum atomic E-state index is 11.9. The minimum atomic E-state index is -0.447. The molecule has 4 nitrogen and oxygen atoms in total. The van der Waals surface area contributed by atoms with E-state index in [4.69, 9.17) is 16.7 Å². The van der Waals surface area contributed by atoms with E-state index in [1.165, 1.54) is 18.2 Å². The first kappa shape index (κ1) is 13.8. The zero-order chi connectivity index (χ0) is 13.0. The van der Waals surface area contributed by atoms with E-state index >= 15 is 0 Å². The van der Waals surface area contributed by atoms with Gasteiger partial charge < -0.3 is 15.5 Å². The Labute approximate surface area is 105 Å². The lowest BCUT2D eigenvalue weighted by Gasteiger charge is -2.20. The van der Waals surface area contributed by atoms with Crippen molar-refractivity contribution < 1.29 is 15.0 Å². The summed E-state index contributed by atoms with van der Waals surface area (Å²) in [5.74, 6) is -0.477. The van der Waals surface area contributed by atoms with Crippen molar-refractivity contribution in [3.05, 3.63) is 28.8 Å². The fourth-order valence-electron chi connectivity index (χ4n) is 1.36. The molecule has 0 aromatic heterocycles. The average molecular weight is 258 g/mol. The predicted octanol–water partition coefficient (Wildman–Crippen LogP) is 1.79. The van der Waals surface area contributed by atoms with E-state index in [0.717, 1.165) is 0 Å². The summed E-state index contributed by atoms with van der Waals surface area (Å²) in [5, 5.41) is 21.7. The highest BCUT2D eigenvalue weighted by Crippen LogP contribution is 2.21. The van der Waals surface area contributed by atoms with Crippen molar-refractivity contribution in [3.63, 3.8) is 0 Å². The predicted molar refractivity (Wildman–Crippen MR) is 66.3 cm³/mol. The Morgan fingerprint density at radius 3 is 2.65 bits per heavy atom. The van der Waals surface area contributed by atoms with Crippen LogP contribution in [0, 0.1) is 5.92 Å². The van der Waals surface area contributed by atoms with Crippen molar-refractivity contribution in [1.29, 1.82) is 0 Å². The molecule has 0 heterocycles. The van der Waals surface area contributed by atoms with Gasteiger partial charge in [-0.15, -0.1) is 0 Å². The Kier molecular flexibility index (Phi) is 4.78. The first-order chi connectivity index (χ1) is 7.95. The molecule has 17 heavy (non-hydrogen) atoms. The summed E-state index contributed by atoms with van der Waals surface area (Å²) in [6.07, 6.45) is 0. The minimum Gasteiger partial charge on any atom is -0.507 e. The van der Waals surface area contributed by atoms with Crippen molar-refractivity contribution in [2.75, 3.05) is 6.61 Å². The summed E-state index contributed by atoms with van der Waals surface area (Å²) in [6, 6.07) is 3.90. The van der Waals surface area contributed by atoms with Crippen LogP contribution in [0.3, 0.4) is 0 Å². The molecule has 0 aliphatic heterocycles. The molecule has 0 aliphatic carbocycles. The lowest BCUT2D eigenvalue weighted by molar-refractivity contribution is 0.0894. The number of benzene rings is 1. The van der Waals surface area contributed by atoms with Crippen LogP contribution in [0.5, 0.6) is 5.75 Å². The Bertz CT molecular complexity index is 407. The molecular formula is C12H16ClNO3. The highest BCUT2D eigenvalue weighted by atomic mass is 35.5. The highest BCUT2D eigenvalue weighted by Gasteiger charge is 2.18. The molecule has 5 heteroatoms. The van der Waals surface area contributed by atoms with Gasteiger partial charge in [0.2, 0.25) is 0 Å². The molecule has 0 saturated carbocycles. The zero-order valence-electron chi connectivity index (χ0n) is 9.77. The van der Waals surface area contributed by atoms with E-state index in [1.807, 2.05) is 13.8 Å². The Balaban J connectivity index is 2.86. The van der Waals surface area contributed by atoms with Crippen LogP contribution >= 0.6 is 11.6 Å². The van der Waals surface area contributed by atoms with Crippen LogP contribution in [0.2, 0.25) is 5.02 Å². The summed E-state index contributed by atoms with van der Waals surface area (Å²) < 4.78 is 0. The highest BCUT2D eigenvalue weighted by molar-refractivity contribution is 6.31. The first-order valence-electron chi connectivity index (χ1n) is 5.36. The fourth-order valence-corrected chi connectivity index (χ4v) is 1.53. The van der Waals surface area contributed by atoms with Crippen LogP contribution < -0.4 is 5.32 Å². The molecule has 0 aliphatic rings. The van der Waals surface area contributed by atoms with Gasteiger partial charge in [0.05, 0.1) is 18.2 Å². The van der Waals surface area contributed by atoms with Crippen LogP contribution in [0.15, 0.2) is 18.2 Å². The molecule has 0 fully saturated rings. The number of halogens is 1. The maximum Gasteiger partial charge on any atom is 0.255 e.